The van der Waals surface area contributed by atoms with Crippen molar-refractivity contribution in [2.75, 3.05) is 0 Å². The number of rotatable bonds is 1. The van der Waals surface area contributed by atoms with E-state index in [1.165, 1.54) is 0 Å². The van der Waals surface area contributed by atoms with Crippen LogP contribution in [0.4, 0.5) is 0 Å². The van der Waals surface area contributed by atoms with Gasteiger partial charge in [-0.2, -0.15) is 0 Å². The zero-order valence-electron chi connectivity index (χ0n) is 5.04. The van der Waals surface area contributed by atoms with Crippen LogP contribution in [-0.4, -0.2) is 11.9 Å². The average Bonchev–Trinajstić information content (AvgIpc) is 1.91. The van der Waals surface area contributed by atoms with E-state index < -0.39 is 0 Å². The summed E-state index contributed by atoms with van der Waals surface area (Å²) < 4.78 is 0. The third-order valence-electron chi connectivity index (χ3n) is 1.03. The molecule has 1 heterocycles. The van der Waals surface area contributed by atoms with Crippen molar-refractivity contribution in [3.63, 3.8) is 0 Å². The van der Waals surface area contributed by atoms with Crippen LogP contribution in [-0.2, 0) is 6.42 Å². The molecule has 0 aliphatic heterocycles. The van der Waals surface area contributed by atoms with Gasteiger partial charge >= 0.3 is 54.5 Å². The maximum atomic E-state index is 5.08. The van der Waals surface area contributed by atoms with Crippen LogP contribution in [0.2, 0.25) is 0 Å². The van der Waals surface area contributed by atoms with Gasteiger partial charge in [-0.25, -0.2) is 0 Å². The molecule has 1 nitrogen and oxygen atoms in total. The second-order valence-electron chi connectivity index (χ2n) is 1.74. The third-order valence-corrected chi connectivity index (χ3v) is 1.03. The van der Waals surface area contributed by atoms with Gasteiger partial charge in [0.2, 0.25) is 0 Å². The Morgan fingerprint density at radius 3 is 3.22 bits per heavy atom. The van der Waals surface area contributed by atoms with Crippen molar-refractivity contribution in [2.24, 2.45) is 0 Å². The van der Waals surface area contributed by atoms with Crippen LogP contribution in [0.1, 0.15) is 5.46 Å². The predicted octanol–water partition coefficient (Wildman–Crippen LogP) is 0.595. The maximum absolute atomic E-state index is 5.08. The fourth-order valence-electron chi connectivity index (χ4n) is 0.621. The van der Waals surface area contributed by atoms with E-state index in [2.05, 4.69) is 10.9 Å². The molecule has 42 valence electrons. The minimum atomic E-state index is 0.674. The Morgan fingerprint density at radius 1 is 1.78 bits per heavy atom. The molecule has 0 radical (unpaired) electrons. The second kappa shape index (κ2) is 3.04. The molecule has 0 N–H and O–H groups in total. The molecule has 1 rings (SSSR count). The second-order valence-corrected chi connectivity index (χ2v) is 1.74. The van der Waals surface area contributed by atoms with Crippen molar-refractivity contribution in [1.82, 2.24) is 4.98 Å². The summed E-state index contributed by atoms with van der Waals surface area (Å²) in [4.78, 5) is 3.91. The SMILES string of the molecule is C#CCc1bccnc1. The van der Waals surface area contributed by atoms with Crippen LogP contribution in [0.25, 0.3) is 0 Å². The van der Waals surface area contributed by atoms with Gasteiger partial charge in [0, 0.05) is 0 Å². The molecule has 0 saturated heterocycles. The van der Waals surface area contributed by atoms with Crippen molar-refractivity contribution in [3.05, 3.63) is 23.8 Å². The Morgan fingerprint density at radius 2 is 2.67 bits per heavy atom. The van der Waals surface area contributed by atoms with Gasteiger partial charge in [-0.1, -0.05) is 0 Å². The van der Waals surface area contributed by atoms with Crippen molar-refractivity contribution < 1.29 is 0 Å². The Balaban J connectivity index is 2.76. The number of hydrogen-bond acceptors (Lipinski definition) is 1. The van der Waals surface area contributed by atoms with Crippen LogP contribution in [0.3, 0.4) is 0 Å². The first-order chi connectivity index (χ1) is 4.43. The van der Waals surface area contributed by atoms with Crippen molar-refractivity contribution in [2.45, 2.75) is 6.42 Å². The first-order valence-electron chi connectivity index (χ1n) is 2.76. The number of aromatic nitrogens is 1. The molecule has 0 spiro atoms. The molecular weight excluding hydrogens is 109 g/mol. The van der Waals surface area contributed by atoms with Crippen molar-refractivity contribution >= 4 is 6.91 Å². The van der Waals surface area contributed by atoms with Crippen molar-refractivity contribution in [3.8, 4) is 12.3 Å². The Hall–Kier alpha value is -1.10. The Bertz CT molecular complexity index is 212. The van der Waals surface area contributed by atoms with Crippen LogP contribution >= 0.6 is 0 Å². The van der Waals surface area contributed by atoms with E-state index in [-0.39, 0.29) is 0 Å². The summed E-state index contributed by atoms with van der Waals surface area (Å²) in [5, 5.41) is 0. The van der Waals surface area contributed by atoms with E-state index in [1.807, 2.05) is 12.9 Å². The van der Waals surface area contributed by atoms with E-state index in [4.69, 9.17) is 6.42 Å². The van der Waals surface area contributed by atoms with E-state index in [0.717, 1.165) is 5.46 Å². The van der Waals surface area contributed by atoms with Gasteiger partial charge in [0.05, 0.1) is 0 Å². The molecule has 0 bridgehead atoms. The normalized spacial score (nSPS) is 7.89. The topological polar surface area (TPSA) is 12.9 Å². The van der Waals surface area contributed by atoms with Crippen LogP contribution in [0.5, 0.6) is 0 Å². The Kier molecular flexibility index (Phi) is 2.03. The summed E-state index contributed by atoms with van der Waals surface area (Å²) in [5.41, 5.74) is 1.10. The molecule has 9 heavy (non-hydrogen) atoms. The van der Waals surface area contributed by atoms with Crippen LogP contribution < -0.4 is 0 Å². The summed E-state index contributed by atoms with van der Waals surface area (Å²) in [6.07, 6.45) is 9.27. The van der Waals surface area contributed by atoms with Crippen molar-refractivity contribution in [1.29, 1.82) is 0 Å². The van der Waals surface area contributed by atoms with Gasteiger partial charge in [-0.3, -0.25) is 0 Å². The van der Waals surface area contributed by atoms with Gasteiger partial charge < -0.3 is 0 Å². The third kappa shape index (κ3) is 1.69. The fraction of sp³-hybridized carbons (Fsp3) is 0.143. The number of nitrogens with zero attached hydrogens (tertiary/aromatic N) is 1. The van der Waals surface area contributed by atoms with E-state index >= 15 is 0 Å². The fourth-order valence-corrected chi connectivity index (χ4v) is 0.621. The molecule has 0 aromatic carbocycles. The molecule has 0 atom stereocenters. The standard InChI is InChI=1S/C7H6BN/c1-2-3-7-6-9-5-4-8-7/h1,4-6H,3H2. The molecule has 0 fully saturated rings. The van der Waals surface area contributed by atoms with E-state index in [0.29, 0.717) is 6.42 Å². The average molecular weight is 115 g/mol. The monoisotopic (exact) mass is 115 g/mol. The number of terminal acetylenes is 1. The van der Waals surface area contributed by atoms with Gasteiger partial charge in [0.15, 0.2) is 0 Å². The molecular formula is C7H6BN. The summed E-state index contributed by atoms with van der Waals surface area (Å²) >= 11 is 0. The predicted molar refractivity (Wildman–Crippen MR) is 38.1 cm³/mol. The van der Waals surface area contributed by atoms with Crippen LogP contribution in [0, 0.1) is 12.3 Å². The zero-order chi connectivity index (χ0) is 6.53. The summed E-state index contributed by atoms with van der Waals surface area (Å²) in [5.74, 6) is 4.43. The zero-order valence-corrected chi connectivity index (χ0v) is 5.04. The molecule has 0 unspecified atom stereocenters. The van der Waals surface area contributed by atoms with Gasteiger partial charge in [0.1, 0.15) is 0 Å². The molecule has 1 aromatic heterocycles. The van der Waals surface area contributed by atoms with Gasteiger partial charge in [0.25, 0.3) is 0 Å². The Labute approximate surface area is 55.3 Å². The first kappa shape index (κ1) is 6.03. The first-order valence-corrected chi connectivity index (χ1v) is 2.76. The van der Waals surface area contributed by atoms with Crippen LogP contribution in [0.15, 0.2) is 18.4 Å². The minimum absolute atomic E-state index is 0.674. The number of hydrogen-bond donors (Lipinski definition) is 0. The summed E-state index contributed by atoms with van der Waals surface area (Å²) in [7, 11) is 0. The molecule has 0 saturated carbocycles. The molecule has 0 amide bonds. The molecule has 0 aliphatic rings. The quantitative estimate of drug-likeness (QED) is 0.488. The van der Waals surface area contributed by atoms with E-state index in [9.17, 15) is 0 Å². The molecule has 2 heteroatoms. The molecule has 0 aliphatic carbocycles. The van der Waals surface area contributed by atoms with Gasteiger partial charge in [-0.15, -0.1) is 0 Å². The summed E-state index contributed by atoms with van der Waals surface area (Å²) in [6, 6.07) is 0. The van der Waals surface area contributed by atoms with E-state index in [1.54, 1.807) is 12.4 Å². The van der Waals surface area contributed by atoms with Gasteiger partial charge in [-0.05, 0) is 0 Å². The summed E-state index contributed by atoms with van der Waals surface area (Å²) in [6.45, 7) is 1.97. The molecule has 1 aromatic rings.